The lowest BCUT2D eigenvalue weighted by atomic mass is 10.4. The molecule has 0 aliphatic heterocycles. The fraction of sp³-hybridized carbons (Fsp3) is 0.100. The molecule has 0 saturated heterocycles. The standard InChI is InChI=1S/C10H8N2O5/c1-5-4-8(12-17-5)11-9(13)6-2-3-7(16-6)10(14)15/h2-4H,1H3,(H,14,15)(H,11,12,13). The molecule has 7 nitrogen and oxygen atoms in total. The predicted octanol–water partition coefficient (Wildman–Crippen LogP) is 1.53. The molecule has 1 amide bonds. The lowest BCUT2D eigenvalue weighted by Gasteiger charge is -1.96. The summed E-state index contributed by atoms with van der Waals surface area (Å²) in [5.41, 5.74) is 0. The van der Waals surface area contributed by atoms with Gasteiger partial charge in [0.1, 0.15) is 5.76 Å². The van der Waals surface area contributed by atoms with Crippen molar-refractivity contribution in [2.75, 3.05) is 5.32 Å². The number of aromatic carboxylic acids is 1. The van der Waals surface area contributed by atoms with E-state index in [4.69, 9.17) is 14.0 Å². The lowest BCUT2D eigenvalue weighted by molar-refractivity contribution is 0.0660. The highest BCUT2D eigenvalue weighted by atomic mass is 16.5. The molecule has 2 rings (SSSR count). The van der Waals surface area contributed by atoms with Crippen LogP contribution >= 0.6 is 0 Å². The number of furan rings is 1. The van der Waals surface area contributed by atoms with Gasteiger partial charge < -0.3 is 19.4 Å². The second-order valence-corrected chi connectivity index (χ2v) is 3.25. The minimum Gasteiger partial charge on any atom is -0.475 e. The highest BCUT2D eigenvalue weighted by Gasteiger charge is 2.15. The van der Waals surface area contributed by atoms with Crippen molar-refractivity contribution in [3.63, 3.8) is 0 Å². The minimum atomic E-state index is -1.23. The van der Waals surface area contributed by atoms with Crippen molar-refractivity contribution in [2.45, 2.75) is 6.92 Å². The Balaban J connectivity index is 2.11. The van der Waals surface area contributed by atoms with Crippen LogP contribution in [0.5, 0.6) is 0 Å². The molecule has 0 radical (unpaired) electrons. The molecule has 0 unspecified atom stereocenters. The largest absolute Gasteiger partial charge is 0.475 e. The number of hydrogen-bond donors (Lipinski definition) is 2. The van der Waals surface area contributed by atoms with Crippen molar-refractivity contribution < 1.29 is 23.6 Å². The Morgan fingerprint density at radius 3 is 2.59 bits per heavy atom. The van der Waals surface area contributed by atoms with Crippen molar-refractivity contribution in [1.82, 2.24) is 5.16 Å². The zero-order valence-electron chi connectivity index (χ0n) is 8.76. The molecule has 2 aromatic heterocycles. The van der Waals surface area contributed by atoms with E-state index < -0.39 is 11.9 Å². The smallest absolute Gasteiger partial charge is 0.371 e. The summed E-state index contributed by atoms with van der Waals surface area (Å²) in [6.45, 7) is 1.68. The zero-order chi connectivity index (χ0) is 12.4. The Bertz CT molecular complexity index is 569. The topological polar surface area (TPSA) is 106 Å². The number of rotatable bonds is 3. The number of carboxylic acids is 1. The number of nitrogens with one attached hydrogen (secondary N) is 1. The molecule has 0 atom stereocenters. The maximum absolute atomic E-state index is 11.6. The van der Waals surface area contributed by atoms with Crippen molar-refractivity contribution in [1.29, 1.82) is 0 Å². The number of carbonyl (C=O) groups excluding carboxylic acids is 1. The molecule has 88 valence electrons. The highest BCUT2D eigenvalue weighted by Crippen LogP contribution is 2.12. The molecule has 0 fully saturated rings. The minimum absolute atomic E-state index is 0.108. The Kier molecular flexibility index (Phi) is 2.65. The third-order valence-corrected chi connectivity index (χ3v) is 1.91. The first-order valence-corrected chi connectivity index (χ1v) is 4.64. The number of aromatic nitrogens is 1. The fourth-order valence-corrected chi connectivity index (χ4v) is 1.18. The van der Waals surface area contributed by atoms with Gasteiger partial charge in [0, 0.05) is 6.07 Å². The maximum atomic E-state index is 11.6. The van der Waals surface area contributed by atoms with E-state index in [1.165, 1.54) is 18.2 Å². The van der Waals surface area contributed by atoms with Gasteiger partial charge in [0.25, 0.3) is 5.91 Å². The summed E-state index contributed by atoms with van der Waals surface area (Å²) in [7, 11) is 0. The SMILES string of the molecule is Cc1cc(NC(=O)c2ccc(C(=O)O)o2)no1. The van der Waals surface area contributed by atoms with E-state index in [2.05, 4.69) is 10.5 Å². The summed E-state index contributed by atoms with van der Waals surface area (Å²) >= 11 is 0. The molecule has 17 heavy (non-hydrogen) atoms. The van der Waals surface area contributed by atoms with Crippen LogP contribution in [0.2, 0.25) is 0 Å². The molecule has 7 heteroatoms. The van der Waals surface area contributed by atoms with Crippen LogP contribution in [0.1, 0.15) is 26.9 Å². The van der Waals surface area contributed by atoms with Crippen molar-refractivity contribution in [2.24, 2.45) is 0 Å². The van der Waals surface area contributed by atoms with Crippen LogP contribution in [0.4, 0.5) is 5.82 Å². The predicted molar refractivity (Wildman–Crippen MR) is 54.9 cm³/mol. The number of nitrogens with zero attached hydrogens (tertiary/aromatic N) is 1. The summed E-state index contributed by atoms with van der Waals surface area (Å²) in [4.78, 5) is 22.1. The number of carboxylic acid groups (broad SMARTS) is 1. The van der Waals surface area contributed by atoms with E-state index in [1.807, 2.05) is 0 Å². The number of aryl methyl sites for hydroxylation is 1. The van der Waals surface area contributed by atoms with Crippen LogP contribution in [0.25, 0.3) is 0 Å². The van der Waals surface area contributed by atoms with E-state index in [-0.39, 0.29) is 17.3 Å². The van der Waals surface area contributed by atoms with Crippen LogP contribution in [0.15, 0.2) is 27.1 Å². The van der Waals surface area contributed by atoms with Crippen molar-refractivity contribution >= 4 is 17.7 Å². The zero-order valence-corrected chi connectivity index (χ0v) is 8.76. The molecule has 0 aliphatic rings. The van der Waals surface area contributed by atoms with Gasteiger partial charge in [-0.2, -0.15) is 0 Å². The van der Waals surface area contributed by atoms with Crippen LogP contribution in [0.3, 0.4) is 0 Å². The van der Waals surface area contributed by atoms with E-state index in [0.717, 1.165) is 0 Å². The second kappa shape index (κ2) is 4.12. The first kappa shape index (κ1) is 10.9. The highest BCUT2D eigenvalue weighted by molar-refractivity contribution is 6.02. The van der Waals surface area contributed by atoms with Crippen LogP contribution < -0.4 is 5.32 Å². The third-order valence-electron chi connectivity index (χ3n) is 1.91. The van der Waals surface area contributed by atoms with E-state index in [9.17, 15) is 9.59 Å². The van der Waals surface area contributed by atoms with Gasteiger partial charge in [0.15, 0.2) is 11.6 Å². The summed E-state index contributed by atoms with van der Waals surface area (Å²) in [5.74, 6) is -1.45. The molecule has 2 aromatic rings. The summed E-state index contributed by atoms with van der Waals surface area (Å²) in [5, 5.41) is 14.6. The van der Waals surface area contributed by atoms with Gasteiger partial charge in [-0.15, -0.1) is 0 Å². The van der Waals surface area contributed by atoms with E-state index in [1.54, 1.807) is 6.92 Å². The first-order valence-electron chi connectivity index (χ1n) is 4.64. The van der Waals surface area contributed by atoms with Gasteiger partial charge in [-0.1, -0.05) is 5.16 Å². The second-order valence-electron chi connectivity index (χ2n) is 3.25. The Morgan fingerprint density at radius 2 is 2.06 bits per heavy atom. The number of carbonyl (C=O) groups is 2. The Hall–Kier alpha value is -2.57. The van der Waals surface area contributed by atoms with E-state index in [0.29, 0.717) is 5.76 Å². The van der Waals surface area contributed by atoms with E-state index >= 15 is 0 Å². The quantitative estimate of drug-likeness (QED) is 0.836. The molecule has 2 N–H and O–H groups in total. The molecule has 0 aromatic carbocycles. The molecular formula is C10H8N2O5. The lowest BCUT2D eigenvalue weighted by Crippen LogP contribution is -2.11. The van der Waals surface area contributed by atoms with Gasteiger partial charge in [-0.05, 0) is 19.1 Å². The third kappa shape index (κ3) is 2.33. The van der Waals surface area contributed by atoms with Gasteiger partial charge in [-0.25, -0.2) is 4.79 Å². The summed E-state index contributed by atoms with van der Waals surface area (Å²) in [6, 6.07) is 4.00. The average Bonchev–Trinajstić information content (AvgIpc) is 2.86. The monoisotopic (exact) mass is 236 g/mol. The van der Waals surface area contributed by atoms with Crippen LogP contribution in [-0.2, 0) is 0 Å². The maximum Gasteiger partial charge on any atom is 0.371 e. The van der Waals surface area contributed by atoms with Gasteiger partial charge in [0.2, 0.25) is 5.76 Å². The summed E-state index contributed by atoms with van der Waals surface area (Å²) < 4.78 is 9.57. The fourth-order valence-electron chi connectivity index (χ4n) is 1.18. The first-order chi connectivity index (χ1) is 8.06. The Morgan fingerprint density at radius 1 is 1.35 bits per heavy atom. The number of hydrogen-bond acceptors (Lipinski definition) is 5. The Labute approximate surface area is 95.0 Å². The molecular weight excluding hydrogens is 228 g/mol. The van der Waals surface area contributed by atoms with Crippen molar-refractivity contribution in [3.05, 3.63) is 35.5 Å². The van der Waals surface area contributed by atoms with Crippen molar-refractivity contribution in [3.8, 4) is 0 Å². The van der Waals surface area contributed by atoms with Gasteiger partial charge >= 0.3 is 5.97 Å². The molecule has 0 aliphatic carbocycles. The number of anilines is 1. The molecule has 0 saturated carbocycles. The van der Waals surface area contributed by atoms with Crippen LogP contribution in [-0.4, -0.2) is 22.1 Å². The average molecular weight is 236 g/mol. The normalized spacial score (nSPS) is 10.2. The molecule has 0 spiro atoms. The van der Waals surface area contributed by atoms with Crippen LogP contribution in [0, 0.1) is 6.92 Å². The number of amides is 1. The van der Waals surface area contributed by atoms with Gasteiger partial charge in [-0.3, -0.25) is 4.79 Å². The molecule has 0 bridgehead atoms. The van der Waals surface area contributed by atoms with Gasteiger partial charge in [0.05, 0.1) is 0 Å². The molecule has 2 heterocycles. The summed E-state index contributed by atoms with van der Waals surface area (Å²) in [6.07, 6.45) is 0.